The second kappa shape index (κ2) is 10.5. The van der Waals surface area contributed by atoms with Gasteiger partial charge < -0.3 is 20.3 Å². The third-order valence-electron chi connectivity index (χ3n) is 7.31. The fraction of sp³-hybridized carbons (Fsp3) is 0.652. The molecule has 3 aliphatic heterocycles. The van der Waals surface area contributed by atoms with E-state index in [-0.39, 0.29) is 25.5 Å². The number of hydrogen-bond acceptors (Lipinski definition) is 6. The van der Waals surface area contributed by atoms with Crippen LogP contribution in [-0.2, 0) is 20.9 Å². The summed E-state index contributed by atoms with van der Waals surface area (Å²) in [7, 11) is 0. The van der Waals surface area contributed by atoms with E-state index >= 15 is 0 Å². The highest BCUT2D eigenvalue weighted by Crippen LogP contribution is 2.41. The molecule has 1 amide bonds. The highest BCUT2D eigenvalue weighted by molar-refractivity contribution is 6.30. The molecule has 0 radical (unpaired) electrons. The van der Waals surface area contributed by atoms with Crippen molar-refractivity contribution < 1.29 is 40.7 Å². The molecule has 1 aromatic rings. The molecule has 2 N–H and O–H groups in total. The van der Waals surface area contributed by atoms with Gasteiger partial charge in [0, 0.05) is 56.5 Å². The number of anilines is 1. The lowest BCUT2D eigenvalue weighted by Crippen LogP contribution is -2.57. The van der Waals surface area contributed by atoms with Crippen LogP contribution in [0.25, 0.3) is 0 Å². The van der Waals surface area contributed by atoms with Gasteiger partial charge in [0.1, 0.15) is 6.04 Å². The molecule has 1 unspecified atom stereocenters. The van der Waals surface area contributed by atoms with Gasteiger partial charge in [-0.05, 0) is 37.0 Å². The second-order valence-corrected chi connectivity index (χ2v) is 10.1. The van der Waals surface area contributed by atoms with E-state index in [1.54, 1.807) is 18.2 Å². The summed E-state index contributed by atoms with van der Waals surface area (Å²) < 4.78 is 81.7. The van der Waals surface area contributed by atoms with Gasteiger partial charge in [-0.25, -0.2) is 0 Å². The maximum Gasteiger partial charge on any atom is 0.434 e. The first kappa shape index (κ1) is 27.8. The van der Waals surface area contributed by atoms with E-state index in [1.165, 1.54) is 4.90 Å². The SMILES string of the molecule is O=C(OC(C(F)(F)F)C(F)(F)F)C1CNCCN1Cc1ccc(Cl)cc1N1CCC2(CCNC2=O)CC1. The number of halogens is 7. The highest BCUT2D eigenvalue weighted by atomic mass is 35.5. The Bertz CT molecular complexity index is 999. The maximum absolute atomic E-state index is 12.9. The average Bonchev–Trinajstić information content (AvgIpc) is 3.17. The predicted octanol–water partition coefficient (Wildman–Crippen LogP) is 3.26. The molecule has 3 fully saturated rings. The molecular formula is C23H27ClF6N4O3. The molecule has 0 aromatic heterocycles. The van der Waals surface area contributed by atoms with Crippen LogP contribution in [0, 0.1) is 5.41 Å². The molecule has 1 spiro atoms. The topological polar surface area (TPSA) is 73.9 Å². The Morgan fingerprint density at radius 3 is 2.35 bits per heavy atom. The zero-order chi connectivity index (χ0) is 27.0. The third kappa shape index (κ3) is 6.09. The summed E-state index contributed by atoms with van der Waals surface area (Å²) in [4.78, 5) is 28.4. The van der Waals surface area contributed by atoms with Crippen LogP contribution in [0.3, 0.4) is 0 Å². The van der Waals surface area contributed by atoms with Crippen molar-refractivity contribution in [3.8, 4) is 0 Å². The molecule has 3 saturated heterocycles. The minimum atomic E-state index is -5.79. The van der Waals surface area contributed by atoms with Crippen LogP contribution in [0.2, 0.25) is 5.02 Å². The van der Waals surface area contributed by atoms with E-state index < -0.39 is 35.9 Å². The summed E-state index contributed by atoms with van der Waals surface area (Å²) in [6.07, 6.45) is -13.7. The van der Waals surface area contributed by atoms with Crippen LogP contribution in [0.5, 0.6) is 0 Å². The quantitative estimate of drug-likeness (QED) is 0.429. The number of piperazine rings is 1. The minimum Gasteiger partial charge on any atom is -0.442 e. The summed E-state index contributed by atoms with van der Waals surface area (Å²) in [6, 6.07) is 3.75. The average molecular weight is 557 g/mol. The fourth-order valence-corrected chi connectivity index (χ4v) is 5.40. The Labute approximate surface area is 214 Å². The number of esters is 1. The number of nitrogens with one attached hydrogen (secondary N) is 2. The van der Waals surface area contributed by atoms with Gasteiger partial charge in [-0.2, -0.15) is 26.3 Å². The Morgan fingerprint density at radius 1 is 1.08 bits per heavy atom. The zero-order valence-corrected chi connectivity index (χ0v) is 20.5. The lowest BCUT2D eigenvalue weighted by Gasteiger charge is -2.40. The van der Waals surface area contributed by atoms with Crippen molar-refractivity contribution in [1.82, 2.24) is 15.5 Å². The van der Waals surface area contributed by atoms with Crippen LogP contribution in [0.1, 0.15) is 24.8 Å². The van der Waals surface area contributed by atoms with Gasteiger partial charge in [0.2, 0.25) is 5.91 Å². The number of nitrogens with zero attached hydrogens (tertiary/aromatic N) is 2. The monoisotopic (exact) mass is 556 g/mol. The van der Waals surface area contributed by atoms with Crippen LogP contribution < -0.4 is 15.5 Å². The number of benzene rings is 1. The summed E-state index contributed by atoms with van der Waals surface area (Å²) in [5, 5.41) is 6.16. The number of rotatable bonds is 5. The first-order chi connectivity index (χ1) is 17.3. The van der Waals surface area contributed by atoms with Crippen LogP contribution in [-0.4, -0.2) is 80.5 Å². The molecule has 1 aromatic carbocycles. The van der Waals surface area contributed by atoms with E-state index in [0.717, 1.165) is 12.1 Å². The minimum absolute atomic E-state index is 0.0525. The predicted molar refractivity (Wildman–Crippen MR) is 122 cm³/mol. The largest absolute Gasteiger partial charge is 0.442 e. The Morgan fingerprint density at radius 2 is 1.76 bits per heavy atom. The lowest BCUT2D eigenvalue weighted by atomic mass is 9.77. The molecule has 3 heterocycles. The molecule has 1 atom stereocenters. The Balaban J connectivity index is 1.51. The Kier molecular flexibility index (Phi) is 7.87. The standard InChI is InChI=1S/C23H27ClF6N4O3/c24-15-2-1-14(16(11-15)33-8-4-21(5-9-33)3-6-32-20(21)36)13-34-10-7-31-12-17(34)18(35)37-19(22(25,26)27)23(28,29)30/h1-2,11,17,19,31H,3-10,12-13H2,(H,32,36). The molecule has 0 aliphatic carbocycles. The summed E-state index contributed by atoms with van der Waals surface area (Å²) in [5.41, 5.74) is 1.06. The zero-order valence-electron chi connectivity index (χ0n) is 19.7. The van der Waals surface area contributed by atoms with Gasteiger partial charge in [0.05, 0.1) is 5.41 Å². The molecule has 14 heteroatoms. The van der Waals surface area contributed by atoms with E-state index in [9.17, 15) is 35.9 Å². The molecule has 37 heavy (non-hydrogen) atoms. The summed E-state index contributed by atoms with van der Waals surface area (Å²) in [5.74, 6) is -1.55. The molecule has 0 saturated carbocycles. The number of alkyl halides is 6. The number of ether oxygens (including phenoxy) is 1. The number of piperidine rings is 1. The van der Waals surface area contributed by atoms with Crippen molar-refractivity contribution in [2.24, 2.45) is 5.41 Å². The van der Waals surface area contributed by atoms with Crippen molar-refractivity contribution in [1.29, 1.82) is 0 Å². The van der Waals surface area contributed by atoms with Crippen LogP contribution in [0.4, 0.5) is 32.0 Å². The lowest BCUT2D eigenvalue weighted by molar-refractivity contribution is -0.314. The number of amides is 1. The van der Waals surface area contributed by atoms with Gasteiger partial charge in [0.15, 0.2) is 0 Å². The number of carbonyl (C=O) groups is 2. The van der Waals surface area contributed by atoms with Crippen molar-refractivity contribution in [3.05, 3.63) is 28.8 Å². The van der Waals surface area contributed by atoms with Crippen molar-refractivity contribution in [2.75, 3.05) is 44.2 Å². The van der Waals surface area contributed by atoms with Gasteiger partial charge in [0.25, 0.3) is 6.10 Å². The van der Waals surface area contributed by atoms with Crippen LogP contribution >= 0.6 is 11.6 Å². The molecule has 4 rings (SSSR count). The first-order valence-corrected chi connectivity index (χ1v) is 12.3. The fourth-order valence-electron chi connectivity index (χ4n) is 5.23. The van der Waals surface area contributed by atoms with Gasteiger partial charge >= 0.3 is 18.3 Å². The molecular weight excluding hydrogens is 530 g/mol. The Hall–Kier alpha value is -2.25. The molecule has 206 valence electrons. The molecule has 7 nitrogen and oxygen atoms in total. The maximum atomic E-state index is 12.9. The highest BCUT2D eigenvalue weighted by Gasteiger charge is 2.60. The van der Waals surface area contributed by atoms with Gasteiger partial charge in [-0.3, -0.25) is 14.5 Å². The summed E-state index contributed by atoms with van der Waals surface area (Å²) in [6.45, 7) is 2.30. The van der Waals surface area contributed by atoms with Crippen molar-refractivity contribution in [3.63, 3.8) is 0 Å². The molecule has 0 bridgehead atoms. The van der Waals surface area contributed by atoms with Crippen LogP contribution in [0.15, 0.2) is 18.2 Å². The van der Waals surface area contributed by atoms with E-state index in [0.29, 0.717) is 49.6 Å². The normalized spacial score (nSPS) is 23.0. The first-order valence-electron chi connectivity index (χ1n) is 11.9. The number of carbonyl (C=O) groups excluding carboxylic acids is 2. The van der Waals surface area contributed by atoms with Crippen molar-refractivity contribution in [2.45, 2.75) is 50.3 Å². The van der Waals surface area contributed by atoms with Crippen molar-refractivity contribution >= 4 is 29.2 Å². The smallest absolute Gasteiger partial charge is 0.434 e. The third-order valence-corrected chi connectivity index (χ3v) is 7.54. The number of hydrogen-bond donors (Lipinski definition) is 2. The van der Waals surface area contributed by atoms with Gasteiger partial charge in [-0.1, -0.05) is 17.7 Å². The van der Waals surface area contributed by atoms with E-state index in [1.807, 2.05) is 0 Å². The molecule has 3 aliphatic rings. The van der Waals surface area contributed by atoms with E-state index in [2.05, 4.69) is 20.3 Å². The van der Waals surface area contributed by atoms with Gasteiger partial charge in [-0.15, -0.1) is 0 Å². The second-order valence-electron chi connectivity index (χ2n) is 9.64. The summed E-state index contributed by atoms with van der Waals surface area (Å²) >= 11 is 6.24. The van der Waals surface area contributed by atoms with E-state index in [4.69, 9.17) is 11.6 Å².